The average Bonchev–Trinajstić information content (AvgIpc) is 2.76. The predicted molar refractivity (Wildman–Crippen MR) is 114 cm³/mol. The molecule has 1 N–H and O–H groups in total. The van der Waals surface area contributed by atoms with Crippen LogP contribution in [0.1, 0.15) is 39.9 Å². The monoisotopic (exact) mass is 401 g/mol. The van der Waals surface area contributed by atoms with Gasteiger partial charge in [0.25, 0.3) is 5.56 Å². The number of fused-ring (bicyclic) bond motifs is 1. The van der Waals surface area contributed by atoms with Crippen LogP contribution in [0.15, 0.2) is 59.5 Å². The number of likely N-dealkylation sites (tertiary alicyclic amines) is 1. The Labute approximate surface area is 174 Å². The summed E-state index contributed by atoms with van der Waals surface area (Å²) in [5.41, 5.74) is 2.49. The number of aromatic nitrogens is 1. The topological polar surface area (TPSA) is 85.8 Å². The van der Waals surface area contributed by atoms with Crippen molar-refractivity contribution in [2.75, 3.05) is 13.1 Å². The smallest absolute Gasteiger partial charge is 0.341 e. The fourth-order valence-corrected chi connectivity index (χ4v) is 4.49. The molecule has 6 heteroatoms. The van der Waals surface area contributed by atoms with Gasteiger partial charge in [0, 0.05) is 25.8 Å². The zero-order chi connectivity index (χ0) is 21.3. The number of hydrogen-bond acceptors (Lipinski definition) is 4. The molecule has 0 saturated carbocycles. The zero-order valence-electron chi connectivity index (χ0n) is 16.8. The summed E-state index contributed by atoms with van der Waals surface area (Å²) in [5, 5.41) is 19.4. The minimum atomic E-state index is -1.22. The minimum Gasteiger partial charge on any atom is -0.477 e. The summed E-state index contributed by atoms with van der Waals surface area (Å²) in [6.45, 7) is 4.02. The summed E-state index contributed by atoms with van der Waals surface area (Å²) in [6.07, 6.45) is 3.03. The number of pyridine rings is 2. The minimum absolute atomic E-state index is 0.225. The van der Waals surface area contributed by atoms with Gasteiger partial charge in [0.05, 0.1) is 17.0 Å². The van der Waals surface area contributed by atoms with Crippen LogP contribution < -0.4 is 5.56 Å². The Kier molecular flexibility index (Phi) is 5.15. The van der Waals surface area contributed by atoms with E-state index >= 15 is 0 Å². The molecule has 0 amide bonds. The molecule has 0 bridgehead atoms. The Morgan fingerprint density at radius 1 is 1.17 bits per heavy atom. The fourth-order valence-electron chi connectivity index (χ4n) is 4.49. The summed E-state index contributed by atoms with van der Waals surface area (Å²) >= 11 is 0. The summed E-state index contributed by atoms with van der Waals surface area (Å²) in [7, 11) is 0. The maximum absolute atomic E-state index is 12.5. The van der Waals surface area contributed by atoms with Crippen LogP contribution in [0.4, 0.5) is 0 Å². The zero-order valence-corrected chi connectivity index (χ0v) is 16.8. The fraction of sp³-hybridized carbons (Fsp3) is 0.292. The van der Waals surface area contributed by atoms with Gasteiger partial charge in [-0.3, -0.25) is 14.1 Å². The van der Waals surface area contributed by atoms with Crippen molar-refractivity contribution in [3.63, 3.8) is 0 Å². The molecule has 3 heterocycles. The molecular formula is C24H23N3O3. The number of rotatable bonds is 4. The van der Waals surface area contributed by atoms with Crippen molar-refractivity contribution in [3.8, 4) is 6.07 Å². The van der Waals surface area contributed by atoms with Gasteiger partial charge in [0.2, 0.25) is 0 Å². The van der Waals surface area contributed by atoms with Crippen molar-refractivity contribution >= 4 is 11.5 Å². The highest BCUT2D eigenvalue weighted by molar-refractivity contribution is 5.88. The van der Waals surface area contributed by atoms with E-state index in [-0.39, 0.29) is 5.56 Å². The van der Waals surface area contributed by atoms with E-state index in [2.05, 4.69) is 11.0 Å². The number of aromatic carboxylic acids is 1. The van der Waals surface area contributed by atoms with Crippen LogP contribution in [-0.2, 0) is 12.0 Å². The Bertz CT molecular complexity index is 1210. The molecule has 152 valence electrons. The van der Waals surface area contributed by atoms with Crippen LogP contribution in [0, 0.1) is 18.3 Å². The lowest BCUT2D eigenvalue weighted by molar-refractivity contribution is 0.0694. The van der Waals surface area contributed by atoms with E-state index in [1.807, 2.05) is 43.3 Å². The summed E-state index contributed by atoms with van der Waals surface area (Å²) < 4.78 is 1.40. The molecule has 0 unspecified atom stereocenters. The molecule has 1 aliphatic rings. The number of hydrogen-bond donors (Lipinski definition) is 1. The Morgan fingerprint density at radius 2 is 1.87 bits per heavy atom. The van der Waals surface area contributed by atoms with Crippen molar-refractivity contribution in [2.45, 2.75) is 31.7 Å². The molecule has 1 aromatic carbocycles. The molecule has 1 aliphatic heterocycles. The molecule has 3 aromatic rings. The molecule has 2 aromatic heterocycles. The number of aryl methyl sites for hydroxylation is 1. The van der Waals surface area contributed by atoms with Crippen molar-refractivity contribution < 1.29 is 9.90 Å². The van der Waals surface area contributed by atoms with Crippen LogP contribution >= 0.6 is 0 Å². The standard InChI is InChI=1S/C24H23N3O3/c1-17-6-2-3-7-20(17)24(16-25)9-12-26(13-10-24)15-18-14-19(23(29)30)22(28)27-11-5-4-8-21(18)27/h2-8,11,14H,9-10,12-13,15H2,1H3,(H,29,30). The third kappa shape index (κ3) is 3.38. The first-order chi connectivity index (χ1) is 14.4. The third-order valence-electron chi connectivity index (χ3n) is 6.17. The van der Waals surface area contributed by atoms with Gasteiger partial charge in [-0.1, -0.05) is 30.3 Å². The number of carbonyl (C=O) groups is 1. The molecular weight excluding hydrogens is 378 g/mol. The number of benzene rings is 1. The van der Waals surface area contributed by atoms with E-state index in [1.54, 1.807) is 12.3 Å². The molecule has 0 aliphatic carbocycles. The van der Waals surface area contributed by atoms with Crippen LogP contribution in [-0.4, -0.2) is 33.5 Å². The van der Waals surface area contributed by atoms with Gasteiger partial charge in [0.1, 0.15) is 5.56 Å². The predicted octanol–water partition coefficient (Wildman–Crippen LogP) is 3.36. The molecule has 0 radical (unpaired) electrons. The number of carboxylic acid groups (broad SMARTS) is 1. The van der Waals surface area contributed by atoms with Gasteiger partial charge in [0.15, 0.2) is 0 Å². The number of carboxylic acids is 1. The second kappa shape index (κ2) is 7.77. The highest BCUT2D eigenvalue weighted by Crippen LogP contribution is 2.37. The first-order valence-electron chi connectivity index (χ1n) is 10.0. The first kappa shape index (κ1) is 19.9. The van der Waals surface area contributed by atoms with E-state index in [0.717, 1.165) is 29.8 Å². The van der Waals surface area contributed by atoms with Gasteiger partial charge >= 0.3 is 5.97 Å². The molecule has 0 atom stereocenters. The van der Waals surface area contributed by atoms with Crippen molar-refractivity contribution in [1.29, 1.82) is 5.26 Å². The first-order valence-corrected chi connectivity index (χ1v) is 10.0. The van der Waals surface area contributed by atoms with Gasteiger partial charge in [-0.2, -0.15) is 5.26 Å². The van der Waals surface area contributed by atoms with E-state index in [0.29, 0.717) is 24.9 Å². The van der Waals surface area contributed by atoms with Crippen LogP contribution in [0.5, 0.6) is 0 Å². The summed E-state index contributed by atoms with van der Waals surface area (Å²) in [6, 6.07) is 17.5. The largest absolute Gasteiger partial charge is 0.477 e. The van der Waals surface area contributed by atoms with E-state index in [9.17, 15) is 20.0 Å². The second-order valence-corrected chi connectivity index (χ2v) is 7.93. The average molecular weight is 401 g/mol. The van der Waals surface area contributed by atoms with Gasteiger partial charge in [-0.05, 0) is 54.7 Å². The highest BCUT2D eigenvalue weighted by Gasteiger charge is 2.37. The van der Waals surface area contributed by atoms with Crippen molar-refractivity contribution in [3.05, 3.63) is 87.3 Å². The van der Waals surface area contributed by atoms with Gasteiger partial charge in [-0.15, -0.1) is 0 Å². The lowest BCUT2D eigenvalue weighted by Crippen LogP contribution is -2.42. The lowest BCUT2D eigenvalue weighted by atomic mass is 9.72. The Hall–Kier alpha value is -3.43. The van der Waals surface area contributed by atoms with Crippen molar-refractivity contribution in [2.24, 2.45) is 0 Å². The SMILES string of the molecule is Cc1ccccc1C1(C#N)CCN(Cc2cc(C(=O)O)c(=O)n3ccccc23)CC1. The maximum Gasteiger partial charge on any atom is 0.341 e. The number of nitrogens with zero attached hydrogens (tertiary/aromatic N) is 3. The number of piperidine rings is 1. The lowest BCUT2D eigenvalue weighted by Gasteiger charge is -2.38. The van der Waals surface area contributed by atoms with Gasteiger partial charge < -0.3 is 5.11 Å². The molecule has 1 saturated heterocycles. The summed E-state index contributed by atoms with van der Waals surface area (Å²) in [5.74, 6) is -1.22. The molecule has 6 nitrogen and oxygen atoms in total. The third-order valence-corrected chi connectivity index (χ3v) is 6.17. The van der Waals surface area contributed by atoms with Crippen LogP contribution in [0.2, 0.25) is 0 Å². The normalized spacial score (nSPS) is 16.3. The van der Waals surface area contributed by atoms with E-state index < -0.39 is 16.9 Å². The maximum atomic E-state index is 12.5. The van der Waals surface area contributed by atoms with Crippen molar-refractivity contribution in [1.82, 2.24) is 9.30 Å². The van der Waals surface area contributed by atoms with E-state index in [4.69, 9.17) is 0 Å². The van der Waals surface area contributed by atoms with Crippen LogP contribution in [0.25, 0.3) is 5.52 Å². The Balaban J connectivity index is 1.62. The molecule has 30 heavy (non-hydrogen) atoms. The number of nitriles is 1. The molecule has 0 spiro atoms. The molecule has 1 fully saturated rings. The Morgan fingerprint density at radius 3 is 2.53 bits per heavy atom. The second-order valence-electron chi connectivity index (χ2n) is 7.93. The van der Waals surface area contributed by atoms with Crippen LogP contribution in [0.3, 0.4) is 0 Å². The quantitative estimate of drug-likeness (QED) is 0.724. The van der Waals surface area contributed by atoms with Gasteiger partial charge in [-0.25, -0.2) is 4.79 Å². The highest BCUT2D eigenvalue weighted by atomic mass is 16.4. The molecule has 4 rings (SSSR count). The summed E-state index contributed by atoms with van der Waals surface area (Å²) in [4.78, 5) is 26.2. The van der Waals surface area contributed by atoms with E-state index in [1.165, 1.54) is 10.5 Å².